The summed E-state index contributed by atoms with van der Waals surface area (Å²) in [7, 11) is 3.22. The van der Waals surface area contributed by atoms with Crippen LogP contribution < -0.4 is 9.47 Å². The third-order valence-electron chi connectivity index (χ3n) is 4.23. The first kappa shape index (κ1) is 14.3. The molecule has 2 N–H and O–H groups in total. The molecule has 4 rings (SSSR count). The van der Waals surface area contributed by atoms with Crippen LogP contribution in [0, 0.1) is 4.91 Å². The monoisotopic (exact) mass is 321 g/mol. The molecule has 0 fully saturated rings. The topological polar surface area (TPSA) is 79.5 Å². The summed E-state index contributed by atoms with van der Waals surface area (Å²) in [5.74, 6) is 1.43. The Bertz CT molecular complexity index is 1060. The molecular weight excluding hydrogens is 306 g/mol. The number of hydrogen-bond acceptors (Lipinski definition) is 4. The molecule has 2 heterocycles. The van der Waals surface area contributed by atoms with Crippen molar-refractivity contribution in [2.45, 2.75) is 0 Å². The zero-order valence-electron chi connectivity index (χ0n) is 13.2. The average Bonchev–Trinajstić information content (AvgIpc) is 3.20. The van der Waals surface area contributed by atoms with Crippen molar-refractivity contribution in [3.8, 4) is 22.8 Å². The van der Waals surface area contributed by atoms with Crippen molar-refractivity contribution in [1.29, 1.82) is 0 Å². The molecule has 0 radical (unpaired) electrons. The van der Waals surface area contributed by atoms with E-state index in [0.717, 1.165) is 33.1 Å². The van der Waals surface area contributed by atoms with Gasteiger partial charge in [-0.1, -0.05) is 0 Å². The number of nitrogens with one attached hydrogen (secondary N) is 2. The minimum Gasteiger partial charge on any atom is -0.497 e. The molecule has 0 spiro atoms. The second kappa shape index (κ2) is 5.42. The molecule has 0 aliphatic rings. The van der Waals surface area contributed by atoms with Gasteiger partial charge in [0.25, 0.3) is 0 Å². The Morgan fingerprint density at radius 1 is 0.917 bits per heavy atom. The molecular formula is C18H15N3O3. The van der Waals surface area contributed by atoms with Gasteiger partial charge in [-0.05, 0) is 41.6 Å². The molecule has 24 heavy (non-hydrogen) atoms. The SMILES string of the molecule is COc1ccc2[nH]cc(-c3[nH]c4ccc(OC)cc4c3N=O)c2c1. The van der Waals surface area contributed by atoms with Crippen LogP contribution in [0.25, 0.3) is 33.1 Å². The van der Waals surface area contributed by atoms with E-state index < -0.39 is 0 Å². The summed E-state index contributed by atoms with van der Waals surface area (Å²) in [4.78, 5) is 18.0. The number of benzene rings is 2. The molecule has 0 bridgehead atoms. The first-order chi connectivity index (χ1) is 11.7. The lowest BCUT2D eigenvalue weighted by atomic mass is 10.1. The van der Waals surface area contributed by atoms with Crippen molar-refractivity contribution in [1.82, 2.24) is 9.97 Å². The molecule has 120 valence electrons. The fraction of sp³-hybridized carbons (Fsp3) is 0.111. The van der Waals surface area contributed by atoms with Gasteiger partial charge >= 0.3 is 0 Å². The molecule has 0 unspecified atom stereocenters. The molecule has 6 heteroatoms. The van der Waals surface area contributed by atoms with Gasteiger partial charge in [-0.2, -0.15) is 0 Å². The first-order valence-electron chi connectivity index (χ1n) is 7.43. The van der Waals surface area contributed by atoms with Gasteiger partial charge in [0.2, 0.25) is 0 Å². The molecule has 0 aliphatic heterocycles. The van der Waals surface area contributed by atoms with E-state index in [1.807, 2.05) is 42.6 Å². The van der Waals surface area contributed by atoms with Gasteiger partial charge in [0, 0.05) is 33.6 Å². The number of hydrogen-bond donors (Lipinski definition) is 2. The Morgan fingerprint density at radius 2 is 1.58 bits per heavy atom. The summed E-state index contributed by atoms with van der Waals surface area (Å²) >= 11 is 0. The summed E-state index contributed by atoms with van der Waals surface area (Å²) < 4.78 is 10.5. The second-order valence-corrected chi connectivity index (χ2v) is 5.47. The lowest BCUT2D eigenvalue weighted by molar-refractivity contribution is 0.415. The molecule has 4 aromatic rings. The fourth-order valence-electron chi connectivity index (χ4n) is 3.01. The van der Waals surface area contributed by atoms with Gasteiger partial charge in [0.05, 0.1) is 19.9 Å². The lowest BCUT2D eigenvalue weighted by Gasteiger charge is -2.01. The highest BCUT2D eigenvalue weighted by molar-refractivity contribution is 6.06. The van der Waals surface area contributed by atoms with Crippen LogP contribution in [0.15, 0.2) is 47.8 Å². The minimum atomic E-state index is 0.368. The van der Waals surface area contributed by atoms with E-state index in [0.29, 0.717) is 17.1 Å². The van der Waals surface area contributed by atoms with E-state index >= 15 is 0 Å². The summed E-state index contributed by atoms with van der Waals surface area (Å²) in [6.07, 6.45) is 1.86. The standard InChI is InChI=1S/C18H15N3O3/c1-23-10-3-5-15-12(7-10)14(9-19-15)17-18(21-22)13-8-11(24-2)4-6-16(13)20-17/h3-9,19-20H,1-2H3. The van der Waals surface area contributed by atoms with Gasteiger partial charge in [-0.3, -0.25) is 0 Å². The lowest BCUT2D eigenvalue weighted by Crippen LogP contribution is -1.82. The molecule has 6 nitrogen and oxygen atoms in total. The predicted octanol–water partition coefficient (Wildman–Crippen LogP) is 4.73. The number of aromatic nitrogens is 2. The zero-order valence-corrected chi connectivity index (χ0v) is 13.2. The van der Waals surface area contributed by atoms with Crippen LogP contribution in [0.1, 0.15) is 0 Å². The summed E-state index contributed by atoms with van der Waals surface area (Å²) in [5, 5.41) is 4.95. The minimum absolute atomic E-state index is 0.368. The normalized spacial score (nSPS) is 11.1. The quantitative estimate of drug-likeness (QED) is 0.533. The van der Waals surface area contributed by atoms with E-state index in [1.165, 1.54) is 0 Å². The van der Waals surface area contributed by atoms with Crippen molar-refractivity contribution in [2.75, 3.05) is 14.2 Å². The maximum absolute atomic E-state index is 11.5. The largest absolute Gasteiger partial charge is 0.497 e. The van der Waals surface area contributed by atoms with E-state index in [4.69, 9.17) is 9.47 Å². The van der Waals surface area contributed by atoms with Gasteiger partial charge < -0.3 is 19.4 Å². The maximum atomic E-state index is 11.5. The van der Waals surface area contributed by atoms with E-state index in [2.05, 4.69) is 15.1 Å². The predicted molar refractivity (Wildman–Crippen MR) is 94.2 cm³/mol. The number of ether oxygens (including phenoxy) is 2. The van der Waals surface area contributed by atoms with Crippen LogP contribution >= 0.6 is 0 Å². The Labute approximate surface area is 137 Å². The van der Waals surface area contributed by atoms with Crippen LogP contribution in [0.2, 0.25) is 0 Å². The van der Waals surface area contributed by atoms with Gasteiger partial charge in [0.15, 0.2) is 0 Å². The summed E-state index contributed by atoms with van der Waals surface area (Å²) in [6, 6.07) is 11.3. The van der Waals surface area contributed by atoms with Crippen LogP contribution in [0.4, 0.5) is 5.69 Å². The molecule has 0 amide bonds. The van der Waals surface area contributed by atoms with Crippen molar-refractivity contribution < 1.29 is 9.47 Å². The van der Waals surface area contributed by atoms with Crippen molar-refractivity contribution in [3.63, 3.8) is 0 Å². The Morgan fingerprint density at radius 3 is 2.25 bits per heavy atom. The van der Waals surface area contributed by atoms with Gasteiger partial charge in [-0.15, -0.1) is 4.91 Å². The van der Waals surface area contributed by atoms with Gasteiger partial charge in [-0.25, -0.2) is 0 Å². The molecule has 0 atom stereocenters. The maximum Gasteiger partial charge on any atom is 0.141 e. The van der Waals surface area contributed by atoms with Crippen molar-refractivity contribution >= 4 is 27.5 Å². The van der Waals surface area contributed by atoms with E-state index in [1.54, 1.807) is 14.2 Å². The highest BCUT2D eigenvalue weighted by atomic mass is 16.5. The second-order valence-electron chi connectivity index (χ2n) is 5.47. The number of aromatic amines is 2. The molecule has 2 aromatic heterocycles. The molecule has 0 saturated heterocycles. The Balaban J connectivity index is 2.01. The summed E-state index contributed by atoms with van der Waals surface area (Å²) in [5.41, 5.74) is 3.70. The van der Waals surface area contributed by atoms with E-state index in [9.17, 15) is 4.91 Å². The Kier molecular flexibility index (Phi) is 3.23. The smallest absolute Gasteiger partial charge is 0.141 e. The number of nitroso groups, excluding NO2 is 1. The van der Waals surface area contributed by atoms with Gasteiger partial charge in [0.1, 0.15) is 17.2 Å². The van der Waals surface area contributed by atoms with Crippen LogP contribution in [0.5, 0.6) is 11.5 Å². The van der Waals surface area contributed by atoms with Crippen LogP contribution in [0.3, 0.4) is 0 Å². The number of H-pyrrole nitrogens is 2. The van der Waals surface area contributed by atoms with E-state index in [-0.39, 0.29) is 0 Å². The van der Waals surface area contributed by atoms with Crippen LogP contribution in [-0.2, 0) is 0 Å². The number of rotatable bonds is 4. The third kappa shape index (κ3) is 2.04. The third-order valence-corrected chi connectivity index (χ3v) is 4.23. The number of methoxy groups -OCH3 is 2. The zero-order chi connectivity index (χ0) is 16.7. The Hall–Kier alpha value is -3.28. The molecule has 0 saturated carbocycles. The number of fused-ring (bicyclic) bond motifs is 2. The van der Waals surface area contributed by atoms with Crippen LogP contribution in [-0.4, -0.2) is 24.2 Å². The molecule has 2 aromatic carbocycles. The summed E-state index contributed by atoms with van der Waals surface area (Å²) in [6.45, 7) is 0. The average molecular weight is 321 g/mol. The van der Waals surface area contributed by atoms with Crippen molar-refractivity contribution in [3.05, 3.63) is 47.5 Å². The highest BCUT2D eigenvalue weighted by Gasteiger charge is 2.18. The fourth-order valence-corrected chi connectivity index (χ4v) is 3.01. The number of nitrogens with zero attached hydrogens (tertiary/aromatic N) is 1. The highest BCUT2D eigenvalue weighted by Crippen LogP contribution is 2.41. The van der Waals surface area contributed by atoms with Crippen molar-refractivity contribution in [2.24, 2.45) is 5.18 Å². The molecule has 0 aliphatic carbocycles. The first-order valence-corrected chi connectivity index (χ1v) is 7.43.